The molecule has 86 valence electrons. The first-order valence-corrected chi connectivity index (χ1v) is 5.27. The lowest BCUT2D eigenvalue weighted by molar-refractivity contribution is 0.171. The zero-order chi connectivity index (χ0) is 11.4. The van der Waals surface area contributed by atoms with E-state index < -0.39 is 0 Å². The van der Waals surface area contributed by atoms with Crippen molar-refractivity contribution < 1.29 is 4.74 Å². The maximum Gasteiger partial charge on any atom is 0.0641 e. The third kappa shape index (κ3) is 3.04. The van der Waals surface area contributed by atoms with E-state index in [9.17, 15) is 0 Å². The molecule has 0 bridgehead atoms. The minimum atomic E-state index is 0.369. The Bertz CT molecular complexity index is 320. The van der Waals surface area contributed by atoms with Crippen molar-refractivity contribution in [3.63, 3.8) is 0 Å². The number of nitrogens with zero attached hydrogens (tertiary/aromatic N) is 2. The van der Waals surface area contributed by atoms with Crippen LogP contribution in [0.4, 0.5) is 0 Å². The lowest BCUT2D eigenvalue weighted by atomic mass is 10.2. The van der Waals surface area contributed by atoms with Crippen LogP contribution < -0.4 is 5.32 Å². The van der Waals surface area contributed by atoms with Crippen LogP contribution in [-0.2, 0) is 18.3 Å². The van der Waals surface area contributed by atoms with Crippen molar-refractivity contribution in [2.24, 2.45) is 7.05 Å². The Balaban J connectivity index is 2.57. The van der Waals surface area contributed by atoms with Crippen LogP contribution in [0.3, 0.4) is 0 Å². The van der Waals surface area contributed by atoms with Crippen molar-refractivity contribution in [3.8, 4) is 0 Å². The first-order chi connectivity index (χ1) is 7.06. The van der Waals surface area contributed by atoms with Gasteiger partial charge in [0.25, 0.3) is 0 Å². The lowest BCUT2D eigenvalue weighted by Gasteiger charge is -2.12. The standard InChI is InChI=1S/C11H21N3O/c1-8(7-15-5)12-6-11-9(2)13-14(4)10(11)3/h8,12H,6-7H2,1-5H3/t8-/m0/s1. The van der Waals surface area contributed by atoms with E-state index in [1.807, 2.05) is 18.7 Å². The van der Waals surface area contributed by atoms with Gasteiger partial charge in [0.15, 0.2) is 0 Å². The fourth-order valence-corrected chi connectivity index (χ4v) is 1.66. The zero-order valence-corrected chi connectivity index (χ0v) is 10.3. The summed E-state index contributed by atoms with van der Waals surface area (Å²) in [5, 5.41) is 7.80. The third-order valence-corrected chi connectivity index (χ3v) is 2.70. The molecule has 0 fully saturated rings. The van der Waals surface area contributed by atoms with Crippen molar-refractivity contribution in [1.29, 1.82) is 0 Å². The number of rotatable bonds is 5. The summed E-state index contributed by atoms with van der Waals surface area (Å²) in [6, 6.07) is 0.369. The van der Waals surface area contributed by atoms with Crippen LogP contribution in [0, 0.1) is 13.8 Å². The average Bonchev–Trinajstić information content (AvgIpc) is 2.40. The highest BCUT2D eigenvalue weighted by Gasteiger charge is 2.09. The molecule has 0 aliphatic heterocycles. The van der Waals surface area contributed by atoms with Gasteiger partial charge in [-0.25, -0.2) is 0 Å². The fourth-order valence-electron chi connectivity index (χ4n) is 1.66. The summed E-state index contributed by atoms with van der Waals surface area (Å²) in [5.74, 6) is 0. The highest BCUT2D eigenvalue weighted by Crippen LogP contribution is 2.11. The van der Waals surface area contributed by atoms with Gasteiger partial charge in [-0.2, -0.15) is 5.10 Å². The Morgan fingerprint density at radius 3 is 2.60 bits per heavy atom. The van der Waals surface area contributed by atoms with Gasteiger partial charge in [0, 0.05) is 38.0 Å². The summed E-state index contributed by atoms with van der Waals surface area (Å²) in [5.41, 5.74) is 3.62. The predicted octanol–water partition coefficient (Wildman–Crippen LogP) is 1.16. The Labute approximate surface area is 91.6 Å². The number of hydrogen-bond donors (Lipinski definition) is 1. The van der Waals surface area contributed by atoms with E-state index in [1.165, 1.54) is 11.3 Å². The summed E-state index contributed by atoms with van der Waals surface area (Å²) in [6.45, 7) is 7.85. The van der Waals surface area contributed by atoms with Crippen molar-refractivity contribution in [1.82, 2.24) is 15.1 Å². The van der Waals surface area contributed by atoms with E-state index in [4.69, 9.17) is 4.74 Å². The molecule has 0 radical (unpaired) electrons. The molecule has 1 aromatic heterocycles. The van der Waals surface area contributed by atoms with Crippen LogP contribution in [0.1, 0.15) is 23.9 Å². The second kappa shape index (κ2) is 5.28. The van der Waals surface area contributed by atoms with E-state index in [2.05, 4.69) is 24.3 Å². The topological polar surface area (TPSA) is 39.1 Å². The molecule has 4 heteroatoms. The van der Waals surface area contributed by atoms with Crippen LogP contribution in [0.2, 0.25) is 0 Å². The molecular weight excluding hydrogens is 190 g/mol. The molecule has 1 aromatic rings. The molecule has 0 unspecified atom stereocenters. The second-order valence-electron chi connectivity index (χ2n) is 4.01. The normalized spacial score (nSPS) is 13.1. The van der Waals surface area contributed by atoms with Crippen molar-refractivity contribution in [2.75, 3.05) is 13.7 Å². The van der Waals surface area contributed by atoms with E-state index in [0.717, 1.165) is 18.8 Å². The molecule has 0 saturated carbocycles. The maximum absolute atomic E-state index is 5.07. The fraction of sp³-hybridized carbons (Fsp3) is 0.727. The quantitative estimate of drug-likeness (QED) is 0.794. The Hall–Kier alpha value is -0.870. The molecular formula is C11H21N3O. The summed E-state index contributed by atoms with van der Waals surface area (Å²) in [7, 11) is 3.70. The third-order valence-electron chi connectivity index (χ3n) is 2.70. The van der Waals surface area contributed by atoms with Gasteiger partial charge in [0.05, 0.1) is 12.3 Å². The van der Waals surface area contributed by atoms with Gasteiger partial charge in [-0.3, -0.25) is 4.68 Å². The van der Waals surface area contributed by atoms with Gasteiger partial charge in [-0.1, -0.05) is 0 Å². The SMILES string of the molecule is COC[C@H](C)NCc1c(C)nn(C)c1C. The Kier molecular flexibility index (Phi) is 4.29. The molecule has 0 saturated heterocycles. The molecule has 0 spiro atoms. The summed E-state index contributed by atoms with van der Waals surface area (Å²) in [4.78, 5) is 0. The summed E-state index contributed by atoms with van der Waals surface area (Å²) in [6.07, 6.45) is 0. The molecule has 1 rings (SSSR count). The van der Waals surface area contributed by atoms with Gasteiger partial charge >= 0.3 is 0 Å². The number of methoxy groups -OCH3 is 1. The molecule has 0 aliphatic rings. The molecule has 0 amide bonds. The zero-order valence-electron chi connectivity index (χ0n) is 10.3. The van der Waals surface area contributed by atoms with Gasteiger partial charge in [-0.05, 0) is 20.8 Å². The van der Waals surface area contributed by atoms with Crippen LogP contribution in [-0.4, -0.2) is 29.5 Å². The molecule has 0 aromatic carbocycles. The van der Waals surface area contributed by atoms with Crippen molar-refractivity contribution in [3.05, 3.63) is 17.0 Å². The average molecular weight is 211 g/mol. The highest BCUT2D eigenvalue weighted by molar-refractivity contribution is 5.24. The van der Waals surface area contributed by atoms with E-state index in [1.54, 1.807) is 7.11 Å². The smallest absolute Gasteiger partial charge is 0.0641 e. The predicted molar refractivity (Wildman–Crippen MR) is 60.9 cm³/mol. The van der Waals surface area contributed by atoms with Crippen LogP contribution in [0.15, 0.2) is 0 Å². The van der Waals surface area contributed by atoms with Gasteiger partial charge in [0.1, 0.15) is 0 Å². The first kappa shape index (κ1) is 12.2. The van der Waals surface area contributed by atoms with Crippen LogP contribution in [0.5, 0.6) is 0 Å². The summed E-state index contributed by atoms with van der Waals surface area (Å²) < 4.78 is 7.00. The van der Waals surface area contributed by atoms with Crippen LogP contribution >= 0.6 is 0 Å². The molecule has 15 heavy (non-hydrogen) atoms. The number of nitrogens with one attached hydrogen (secondary N) is 1. The maximum atomic E-state index is 5.07. The number of hydrogen-bond acceptors (Lipinski definition) is 3. The van der Waals surface area contributed by atoms with Gasteiger partial charge in [-0.15, -0.1) is 0 Å². The molecule has 1 N–H and O–H groups in total. The largest absolute Gasteiger partial charge is 0.383 e. The number of ether oxygens (including phenoxy) is 1. The van der Waals surface area contributed by atoms with Gasteiger partial charge < -0.3 is 10.1 Å². The highest BCUT2D eigenvalue weighted by atomic mass is 16.5. The molecule has 4 nitrogen and oxygen atoms in total. The first-order valence-electron chi connectivity index (χ1n) is 5.27. The van der Waals surface area contributed by atoms with E-state index in [0.29, 0.717) is 6.04 Å². The molecule has 0 aliphatic carbocycles. The van der Waals surface area contributed by atoms with E-state index >= 15 is 0 Å². The van der Waals surface area contributed by atoms with Crippen molar-refractivity contribution in [2.45, 2.75) is 33.4 Å². The minimum Gasteiger partial charge on any atom is -0.383 e. The monoisotopic (exact) mass is 211 g/mol. The van der Waals surface area contributed by atoms with Crippen LogP contribution in [0.25, 0.3) is 0 Å². The molecule has 1 atom stereocenters. The Morgan fingerprint density at radius 2 is 2.13 bits per heavy atom. The molecule has 1 heterocycles. The summed E-state index contributed by atoms with van der Waals surface area (Å²) >= 11 is 0. The minimum absolute atomic E-state index is 0.369. The van der Waals surface area contributed by atoms with Crippen molar-refractivity contribution >= 4 is 0 Å². The number of aromatic nitrogens is 2. The number of aryl methyl sites for hydroxylation is 2. The van der Waals surface area contributed by atoms with Gasteiger partial charge in [0.2, 0.25) is 0 Å². The lowest BCUT2D eigenvalue weighted by Crippen LogP contribution is -2.29. The Morgan fingerprint density at radius 1 is 1.47 bits per heavy atom. The second-order valence-corrected chi connectivity index (χ2v) is 4.01. The van der Waals surface area contributed by atoms with E-state index in [-0.39, 0.29) is 0 Å².